The predicted molar refractivity (Wildman–Crippen MR) is 55.9 cm³/mol. The lowest BCUT2D eigenvalue weighted by molar-refractivity contribution is 0.504. The van der Waals surface area contributed by atoms with E-state index in [0.717, 1.165) is 12.8 Å². The van der Waals surface area contributed by atoms with E-state index in [1.165, 1.54) is 12.1 Å². The van der Waals surface area contributed by atoms with Gasteiger partial charge < -0.3 is 5.73 Å². The first-order valence-corrected chi connectivity index (χ1v) is 5.26. The third kappa shape index (κ3) is 1.54. The molecule has 1 fully saturated rings. The van der Waals surface area contributed by atoms with Gasteiger partial charge in [0.1, 0.15) is 16.7 Å². The molecule has 1 saturated carbocycles. The second-order valence-electron chi connectivity index (χ2n) is 4.17. The van der Waals surface area contributed by atoms with Gasteiger partial charge in [-0.05, 0) is 31.4 Å². The molecule has 0 saturated heterocycles. The van der Waals surface area contributed by atoms with E-state index in [0.29, 0.717) is 5.56 Å². The van der Waals surface area contributed by atoms with Crippen molar-refractivity contribution in [2.24, 2.45) is 5.73 Å². The maximum atomic E-state index is 13.7. The van der Waals surface area contributed by atoms with Crippen molar-refractivity contribution < 1.29 is 8.78 Å². The van der Waals surface area contributed by atoms with E-state index < -0.39 is 16.7 Å². The van der Waals surface area contributed by atoms with Crippen LogP contribution >= 0.6 is 11.6 Å². The van der Waals surface area contributed by atoms with Crippen LogP contribution in [0.2, 0.25) is 5.02 Å². The Balaban J connectivity index is 2.51. The number of nitrogens with two attached hydrogens (primary N) is 1. The summed E-state index contributed by atoms with van der Waals surface area (Å²) in [6, 6.07) is 2.50. The Morgan fingerprint density at radius 2 is 2.00 bits per heavy atom. The third-order valence-corrected chi connectivity index (χ3v) is 3.58. The van der Waals surface area contributed by atoms with Crippen LogP contribution in [0.1, 0.15) is 25.3 Å². The maximum Gasteiger partial charge on any atom is 0.148 e. The first kappa shape index (κ1) is 10.8. The van der Waals surface area contributed by atoms with Crippen LogP contribution in [0, 0.1) is 11.6 Å². The second-order valence-corrected chi connectivity index (χ2v) is 4.55. The van der Waals surface area contributed by atoms with Crippen LogP contribution in [0.5, 0.6) is 0 Å². The lowest BCUT2D eigenvalue weighted by atomic mass is 9.89. The van der Waals surface area contributed by atoms with E-state index in [-0.39, 0.29) is 11.5 Å². The van der Waals surface area contributed by atoms with Crippen LogP contribution in [0.4, 0.5) is 8.78 Å². The molecule has 0 bridgehead atoms. The summed E-state index contributed by atoms with van der Waals surface area (Å²) in [5.74, 6) is -1.38. The molecule has 2 rings (SSSR count). The molecule has 4 heteroatoms. The minimum atomic E-state index is -0.724. The monoisotopic (exact) mass is 231 g/mol. The molecule has 1 aromatic carbocycles. The van der Waals surface area contributed by atoms with Gasteiger partial charge in [-0.15, -0.1) is 0 Å². The van der Waals surface area contributed by atoms with E-state index in [1.807, 2.05) is 6.92 Å². The highest BCUT2D eigenvalue weighted by Gasteiger charge is 2.49. The summed E-state index contributed by atoms with van der Waals surface area (Å²) in [4.78, 5) is 0. The summed E-state index contributed by atoms with van der Waals surface area (Å²) < 4.78 is 26.7. The van der Waals surface area contributed by atoms with Gasteiger partial charge in [-0.3, -0.25) is 0 Å². The zero-order valence-electron chi connectivity index (χ0n) is 8.36. The Bertz CT molecular complexity index is 400. The lowest BCUT2D eigenvalue weighted by Gasteiger charge is -2.21. The SMILES string of the molecule is CC(N)C1(c2ccc(F)c(Cl)c2F)CC1. The van der Waals surface area contributed by atoms with Crippen molar-refractivity contribution in [3.8, 4) is 0 Å². The molecular weight excluding hydrogens is 220 g/mol. The third-order valence-electron chi connectivity index (χ3n) is 3.23. The minimum absolute atomic E-state index is 0.145. The summed E-state index contributed by atoms with van der Waals surface area (Å²) in [6.45, 7) is 1.84. The molecular formula is C11H12ClF2N. The quantitative estimate of drug-likeness (QED) is 0.778. The highest BCUT2D eigenvalue weighted by molar-refractivity contribution is 6.31. The number of benzene rings is 1. The highest BCUT2D eigenvalue weighted by Crippen LogP contribution is 2.51. The molecule has 0 amide bonds. The molecule has 0 aliphatic heterocycles. The van der Waals surface area contributed by atoms with Gasteiger partial charge in [-0.2, -0.15) is 0 Å². The average molecular weight is 232 g/mol. The molecule has 0 heterocycles. The normalized spacial score (nSPS) is 20.1. The van der Waals surface area contributed by atoms with Crippen molar-refractivity contribution >= 4 is 11.6 Å². The second kappa shape index (κ2) is 3.42. The summed E-state index contributed by atoms with van der Waals surface area (Å²) in [5, 5.41) is -0.431. The molecule has 1 aromatic rings. The average Bonchev–Trinajstić information content (AvgIpc) is 2.95. The van der Waals surface area contributed by atoms with Gasteiger partial charge in [0.25, 0.3) is 0 Å². The molecule has 1 aliphatic carbocycles. The van der Waals surface area contributed by atoms with Gasteiger partial charge in [0.2, 0.25) is 0 Å². The summed E-state index contributed by atoms with van der Waals surface area (Å²) in [6.07, 6.45) is 1.67. The molecule has 2 N–H and O–H groups in total. The minimum Gasteiger partial charge on any atom is -0.327 e. The largest absolute Gasteiger partial charge is 0.327 e. The summed E-state index contributed by atoms with van der Waals surface area (Å²) >= 11 is 5.53. The van der Waals surface area contributed by atoms with Crippen LogP contribution < -0.4 is 5.73 Å². The van der Waals surface area contributed by atoms with Crippen LogP contribution in [-0.4, -0.2) is 6.04 Å². The molecule has 0 aromatic heterocycles. The molecule has 15 heavy (non-hydrogen) atoms. The fraction of sp³-hybridized carbons (Fsp3) is 0.455. The fourth-order valence-electron chi connectivity index (χ4n) is 2.02. The van der Waals surface area contributed by atoms with E-state index in [2.05, 4.69) is 0 Å². The molecule has 1 unspecified atom stereocenters. The first-order valence-electron chi connectivity index (χ1n) is 4.88. The molecule has 0 radical (unpaired) electrons. The smallest absolute Gasteiger partial charge is 0.148 e. The zero-order chi connectivity index (χ0) is 11.2. The molecule has 0 spiro atoms. The Morgan fingerprint density at radius 3 is 2.47 bits per heavy atom. The molecule has 1 nitrogen and oxygen atoms in total. The van der Waals surface area contributed by atoms with Crippen molar-refractivity contribution in [1.82, 2.24) is 0 Å². The zero-order valence-corrected chi connectivity index (χ0v) is 9.11. The van der Waals surface area contributed by atoms with Crippen LogP contribution in [0.25, 0.3) is 0 Å². The Morgan fingerprint density at radius 1 is 1.40 bits per heavy atom. The Hall–Kier alpha value is -0.670. The van der Waals surface area contributed by atoms with Gasteiger partial charge in [0.05, 0.1) is 0 Å². The van der Waals surface area contributed by atoms with Crippen molar-refractivity contribution in [2.75, 3.05) is 0 Å². The number of halogens is 3. The molecule has 82 valence electrons. The number of rotatable bonds is 2. The van der Waals surface area contributed by atoms with E-state index in [4.69, 9.17) is 17.3 Å². The van der Waals surface area contributed by atoms with E-state index in [1.54, 1.807) is 0 Å². The topological polar surface area (TPSA) is 26.0 Å². The van der Waals surface area contributed by atoms with Crippen LogP contribution in [0.15, 0.2) is 12.1 Å². The summed E-state index contributed by atoms with van der Waals surface area (Å²) in [5.41, 5.74) is 5.93. The van der Waals surface area contributed by atoms with Gasteiger partial charge in [-0.25, -0.2) is 8.78 Å². The molecule has 1 aliphatic rings. The van der Waals surface area contributed by atoms with E-state index in [9.17, 15) is 8.78 Å². The van der Waals surface area contributed by atoms with Gasteiger partial charge in [0.15, 0.2) is 0 Å². The highest BCUT2D eigenvalue weighted by atomic mass is 35.5. The molecule has 1 atom stereocenters. The van der Waals surface area contributed by atoms with Crippen molar-refractivity contribution in [2.45, 2.75) is 31.2 Å². The van der Waals surface area contributed by atoms with Crippen LogP contribution in [-0.2, 0) is 5.41 Å². The number of hydrogen-bond donors (Lipinski definition) is 1. The lowest BCUT2D eigenvalue weighted by Crippen LogP contribution is -2.32. The Labute approximate surface area is 92.2 Å². The van der Waals surface area contributed by atoms with Gasteiger partial charge in [-0.1, -0.05) is 17.7 Å². The van der Waals surface area contributed by atoms with E-state index >= 15 is 0 Å². The van der Waals surface area contributed by atoms with Gasteiger partial charge in [0, 0.05) is 11.5 Å². The van der Waals surface area contributed by atoms with Crippen molar-refractivity contribution in [1.29, 1.82) is 0 Å². The standard InChI is InChI=1S/C11H12ClF2N/c1-6(15)11(4-5-11)7-2-3-8(13)9(12)10(7)14/h2-3,6H,4-5,15H2,1H3. The van der Waals surface area contributed by atoms with Gasteiger partial charge >= 0.3 is 0 Å². The van der Waals surface area contributed by atoms with Crippen molar-refractivity contribution in [3.05, 3.63) is 34.4 Å². The van der Waals surface area contributed by atoms with Crippen molar-refractivity contribution in [3.63, 3.8) is 0 Å². The number of hydrogen-bond acceptors (Lipinski definition) is 1. The predicted octanol–water partition coefficient (Wildman–Crippen LogP) is 3.00. The van der Waals surface area contributed by atoms with Crippen LogP contribution in [0.3, 0.4) is 0 Å². The maximum absolute atomic E-state index is 13.7. The fourth-order valence-corrected chi connectivity index (χ4v) is 2.18. The summed E-state index contributed by atoms with van der Waals surface area (Å²) in [7, 11) is 0. The Kier molecular flexibility index (Phi) is 2.47. The first-order chi connectivity index (χ1) is 6.99.